The van der Waals surface area contributed by atoms with Crippen LogP contribution in [0, 0.1) is 11.3 Å². The zero-order chi connectivity index (χ0) is 13.0. The molecular formula is C13H12ClN3S. The Labute approximate surface area is 115 Å². The molecule has 5 heteroatoms. The van der Waals surface area contributed by atoms with Crippen LogP contribution in [-0.2, 0) is 6.54 Å². The number of nitriles is 1. The second-order valence-electron chi connectivity index (χ2n) is 3.73. The molecule has 0 aliphatic rings. The number of anilines is 1. The highest BCUT2D eigenvalue weighted by atomic mass is 35.5. The molecule has 0 aliphatic heterocycles. The maximum Gasteiger partial charge on any atom is 0.188 e. The molecule has 0 bridgehead atoms. The summed E-state index contributed by atoms with van der Waals surface area (Å²) in [6, 6.07) is 12.2. The molecule has 1 aromatic heterocycles. The van der Waals surface area contributed by atoms with E-state index in [0.29, 0.717) is 10.0 Å². The van der Waals surface area contributed by atoms with Gasteiger partial charge >= 0.3 is 0 Å². The highest BCUT2D eigenvalue weighted by Gasteiger charge is 2.14. The molecule has 1 heterocycles. The van der Waals surface area contributed by atoms with Crippen molar-refractivity contribution in [2.45, 2.75) is 13.5 Å². The van der Waals surface area contributed by atoms with E-state index in [1.807, 2.05) is 18.2 Å². The van der Waals surface area contributed by atoms with Gasteiger partial charge in [-0.05, 0) is 12.5 Å². The van der Waals surface area contributed by atoms with E-state index in [1.54, 1.807) is 0 Å². The fourth-order valence-electron chi connectivity index (χ4n) is 1.61. The van der Waals surface area contributed by atoms with Crippen molar-refractivity contribution >= 4 is 28.1 Å². The van der Waals surface area contributed by atoms with Crippen LogP contribution in [0.4, 0.5) is 5.13 Å². The summed E-state index contributed by atoms with van der Waals surface area (Å²) < 4.78 is 0. The molecular weight excluding hydrogens is 266 g/mol. The molecule has 0 N–H and O–H groups in total. The normalized spacial score (nSPS) is 10.1. The second-order valence-corrected chi connectivity index (χ2v) is 5.06. The number of hydrogen-bond acceptors (Lipinski definition) is 4. The van der Waals surface area contributed by atoms with Crippen LogP contribution in [0.1, 0.15) is 17.4 Å². The lowest BCUT2D eigenvalue weighted by molar-refractivity contribution is 0.826. The maximum atomic E-state index is 8.89. The van der Waals surface area contributed by atoms with Crippen LogP contribution >= 0.6 is 22.9 Å². The minimum Gasteiger partial charge on any atom is -0.344 e. The van der Waals surface area contributed by atoms with E-state index >= 15 is 0 Å². The van der Waals surface area contributed by atoms with Crippen molar-refractivity contribution in [2.24, 2.45) is 0 Å². The topological polar surface area (TPSA) is 39.9 Å². The van der Waals surface area contributed by atoms with Crippen molar-refractivity contribution in [1.29, 1.82) is 5.26 Å². The number of halogens is 1. The summed E-state index contributed by atoms with van der Waals surface area (Å²) in [4.78, 5) is 6.81. The lowest BCUT2D eigenvalue weighted by Crippen LogP contribution is -2.21. The first-order chi connectivity index (χ1) is 8.74. The number of rotatable bonds is 4. The van der Waals surface area contributed by atoms with E-state index in [2.05, 4.69) is 35.0 Å². The van der Waals surface area contributed by atoms with Gasteiger partial charge in [-0.1, -0.05) is 53.3 Å². The van der Waals surface area contributed by atoms with Gasteiger partial charge in [-0.3, -0.25) is 0 Å². The molecule has 18 heavy (non-hydrogen) atoms. The van der Waals surface area contributed by atoms with Crippen LogP contribution in [-0.4, -0.2) is 11.5 Å². The first-order valence-electron chi connectivity index (χ1n) is 5.60. The van der Waals surface area contributed by atoms with E-state index < -0.39 is 0 Å². The minimum atomic E-state index is 0.295. The molecule has 92 valence electrons. The zero-order valence-corrected chi connectivity index (χ0v) is 11.5. The number of thiazole rings is 1. The number of nitrogens with zero attached hydrogens (tertiary/aromatic N) is 3. The van der Waals surface area contributed by atoms with Crippen LogP contribution in [0.2, 0.25) is 5.15 Å². The Morgan fingerprint density at radius 3 is 2.67 bits per heavy atom. The third-order valence-electron chi connectivity index (χ3n) is 2.54. The molecule has 0 fully saturated rings. The van der Waals surface area contributed by atoms with Gasteiger partial charge in [0.15, 0.2) is 10.3 Å². The van der Waals surface area contributed by atoms with E-state index in [4.69, 9.17) is 16.9 Å². The summed E-state index contributed by atoms with van der Waals surface area (Å²) in [6.45, 7) is 3.65. The third kappa shape index (κ3) is 2.81. The molecule has 0 saturated carbocycles. The first-order valence-corrected chi connectivity index (χ1v) is 6.79. The van der Waals surface area contributed by atoms with Gasteiger partial charge in [0.05, 0.1) is 0 Å². The fourth-order valence-corrected chi connectivity index (χ4v) is 2.72. The van der Waals surface area contributed by atoms with Gasteiger partial charge in [0.25, 0.3) is 0 Å². The summed E-state index contributed by atoms with van der Waals surface area (Å²) in [5.41, 5.74) is 1.21. The van der Waals surface area contributed by atoms with E-state index in [0.717, 1.165) is 18.2 Å². The highest BCUT2D eigenvalue weighted by molar-refractivity contribution is 7.16. The molecule has 0 amide bonds. The molecule has 0 aliphatic carbocycles. The van der Waals surface area contributed by atoms with Crippen LogP contribution in [0.15, 0.2) is 30.3 Å². The lowest BCUT2D eigenvalue weighted by Gasteiger charge is -2.19. The minimum absolute atomic E-state index is 0.295. The van der Waals surface area contributed by atoms with Crippen molar-refractivity contribution in [2.75, 3.05) is 11.4 Å². The molecule has 2 rings (SSSR count). The monoisotopic (exact) mass is 277 g/mol. The van der Waals surface area contributed by atoms with Crippen LogP contribution in [0.5, 0.6) is 0 Å². The molecule has 0 unspecified atom stereocenters. The first kappa shape index (κ1) is 12.9. The molecule has 0 atom stereocenters. The van der Waals surface area contributed by atoms with E-state index in [-0.39, 0.29) is 0 Å². The van der Waals surface area contributed by atoms with Gasteiger partial charge in [-0.15, -0.1) is 0 Å². The molecule has 0 spiro atoms. The molecule has 0 saturated heterocycles. The van der Waals surface area contributed by atoms with Gasteiger partial charge in [-0.25, -0.2) is 4.98 Å². The Morgan fingerprint density at radius 2 is 2.11 bits per heavy atom. The number of benzene rings is 1. The Hall–Kier alpha value is -1.57. The molecule has 0 radical (unpaired) electrons. The Morgan fingerprint density at radius 1 is 1.39 bits per heavy atom. The van der Waals surface area contributed by atoms with Crippen molar-refractivity contribution < 1.29 is 0 Å². The van der Waals surface area contributed by atoms with Crippen LogP contribution in [0.25, 0.3) is 0 Å². The second kappa shape index (κ2) is 5.85. The van der Waals surface area contributed by atoms with Crippen LogP contribution in [0.3, 0.4) is 0 Å². The molecule has 1 aromatic carbocycles. The average molecular weight is 278 g/mol. The van der Waals surface area contributed by atoms with Crippen molar-refractivity contribution in [3.05, 3.63) is 45.9 Å². The predicted molar refractivity (Wildman–Crippen MR) is 75.0 cm³/mol. The third-order valence-corrected chi connectivity index (χ3v) is 3.95. The SMILES string of the molecule is CCN(Cc1ccccc1)c1nc(Cl)c(C#N)s1. The fraction of sp³-hybridized carbons (Fsp3) is 0.231. The molecule has 2 aromatic rings. The summed E-state index contributed by atoms with van der Waals surface area (Å²) in [5, 5.41) is 9.98. The van der Waals surface area contributed by atoms with E-state index in [9.17, 15) is 0 Å². The largest absolute Gasteiger partial charge is 0.344 e. The maximum absolute atomic E-state index is 8.89. The van der Waals surface area contributed by atoms with Gasteiger partial charge < -0.3 is 4.90 Å². The highest BCUT2D eigenvalue weighted by Crippen LogP contribution is 2.29. The summed E-state index contributed by atoms with van der Waals surface area (Å²) >= 11 is 7.23. The van der Waals surface area contributed by atoms with Crippen LogP contribution < -0.4 is 4.90 Å². The average Bonchev–Trinajstić information content (AvgIpc) is 2.78. The Balaban J connectivity index is 2.21. The quantitative estimate of drug-likeness (QED) is 0.856. The summed E-state index contributed by atoms with van der Waals surface area (Å²) in [5.74, 6) is 0. The number of hydrogen-bond donors (Lipinski definition) is 0. The van der Waals surface area contributed by atoms with Gasteiger partial charge in [-0.2, -0.15) is 5.26 Å². The van der Waals surface area contributed by atoms with Gasteiger partial charge in [0.1, 0.15) is 10.9 Å². The van der Waals surface area contributed by atoms with Gasteiger partial charge in [0, 0.05) is 13.1 Å². The van der Waals surface area contributed by atoms with Crippen molar-refractivity contribution in [3.8, 4) is 6.07 Å². The Kier molecular flexibility index (Phi) is 4.19. The van der Waals surface area contributed by atoms with Crippen molar-refractivity contribution in [1.82, 2.24) is 4.98 Å². The lowest BCUT2D eigenvalue weighted by atomic mass is 10.2. The zero-order valence-electron chi connectivity index (χ0n) is 9.93. The van der Waals surface area contributed by atoms with Crippen molar-refractivity contribution in [3.63, 3.8) is 0 Å². The van der Waals surface area contributed by atoms with E-state index in [1.165, 1.54) is 16.9 Å². The summed E-state index contributed by atoms with van der Waals surface area (Å²) in [7, 11) is 0. The Bertz CT molecular complexity index is 559. The summed E-state index contributed by atoms with van der Waals surface area (Å²) in [6.07, 6.45) is 0. The van der Waals surface area contributed by atoms with Gasteiger partial charge in [0.2, 0.25) is 0 Å². The number of aromatic nitrogens is 1. The predicted octanol–water partition coefficient (Wildman–Crippen LogP) is 3.69. The molecule has 3 nitrogen and oxygen atoms in total. The smallest absolute Gasteiger partial charge is 0.188 e. The standard InChI is InChI=1S/C13H12ClN3S/c1-2-17(9-10-6-4-3-5-7-10)13-16-12(14)11(8-15)18-13/h3-7H,2,9H2,1H3.